The van der Waals surface area contributed by atoms with Gasteiger partial charge in [-0.05, 0) is 75.5 Å². The lowest BCUT2D eigenvalue weighted by Crippen LogP contribution is -2.75. The number of hydrogen-bond donors (Lipinski definition) is 0. The van der Waals surface area contributed by atoms with E-state index in [1.807, 2.05) is 18.5 Å². The molecular formula is C59H30BF24NO. The summed E-state index contributed by atoms with van der Waals surface area (Å²) >= 11 is 0. The Kier molecular flexibility index (Phi) is 15.4. The fourth-order valence-electron chi connectivity index (χ4n) is 10.2. The normalized spacial score (nSPS) is 13.3. The van der Waals surface area contributed by atoms with Crippen LogP contribution >= 0.6 is 0 Å². The Labute approximate surface area is 466 Å². The third kappa shape index (κ3) is 12.7. The average molecular weight is 1240 g/mol. The van der Waals surface area contributed by atoms with E-state index in [2.05, 4.69) is 91.0 Å². The van der Waals surface area contributed by atoms with Gasteiger partial charge in [0.15, 0.2) is 0 Å². The number of pyridine rings is 1. The Balaban J connectivity index is 0.000000251. The zero-order chi connectivity index (χ0) is 63.1. The van der Waals surface area contributed by atoms with Crippen LogP contribution in [0.4, 0.5) is 105 Å². The molecule has 27 heteroatoms. The second-order valence-electron chi connectivity index (χ2n) is 19.6. The summed E-state index contributed by atoms with van der Waals surface area (Å²) in [6.07, 6.45) is -50.8. The first-order valence-electron chi connectivity index (χ1n) is 24.4. The number of aromatic nitrogens is 1. The zero-order valence-corrected chi connectivity index (χ0v) is 42.3. The van der Waals surface area contributed by atoms with Crippen molar-refractivity contribution in [2.45, 2.75) is 49.4 Å². The molecule has 10 aromatic rings. The van der Waals surface area contributed by atoms with E-state index in [0.29, 0.717) is 0 Å². The Morgan fingerprint density at radius 1 is 0.256 bits per heavy atom. The van der Waals surface area contributed by atoms with E-state index < -0.39 is 195 Å². The number of benzene rings is 9. The van der Waals surface area contributed by atoms with Gasteiger partial charge in [0, 0.05) is 21.6 Å². The predicted molar refractivity (Wildman–Crippen MR) is 269 cm³/mol. The molecule has 0 aliphatic rings. The third-order valence-electron chi connectivity index (χ3n) is 14.0. The van der Waals surface area contributed by atoms with Gasteiger partial charge >= 0.3 is 49.4 Å². The highest BCUT2D eigenvalue weighted by Gasteiger charge is 2.47. The predicted octanol–water partition coefficient (Wildman–Crippen LogP) is 17.6. The molecule has 0 amide bonds. The van der Waals surface area contributed by atoms with Gasteiger partial charge in [0.25, 0.3) is 0 Å². The summed E-state index contributed by atoms with van der Waals surface area (Å²) in [5, 5.41) is 9.36. The minimum absolute atomic E-state index is 0.691. The maximum Gasteiger partial charge on any atom is 0.416 e. The van der Waals surface area contributed by atoms with E-state index >= 15 is 0 Å². The minimum atomic E-state index is -6.13. The van der Waals surface area contributed by atoms with Gasteiger partial charge in [-0.2, -0.15) is 127 Å². The van der Waals surface area contributed by atoms with Crippen molar-refractivity contribution in [3.05, 3.63) is 227 Å². The van der Waals surface area contributed by atoms with Gasteiger partial charge in [-0.1, -0.05) is 115 Å². The molecule has 86 heavy (non-hydrogen) atoms. The molecule has 0 saturated heterocycles. The molecular weight excluding hydrogens is 1210 g/mol. The fourth-order valence-corrected chi connectivity index (χ4v) is 10.2. The van der Waals surface area contributed by atoms with Crippen LogP contribution in [0.25, 0.3) is 43.1 Å². The van der Waals surface area contributed by atoms with Crippen LogP contribution in [0.3, 0.4) is 0 Å². The zero-order valence-electron chi connectivity index (χ0n) is 42.3. The molecule has 0 N–H and O–H groups in total. The number of alkyl halides is 24. The SMILES string of the molecule is FC(F)(F)c1cc([B-](c2cc(C(F)(F)F)cc(C(F)(F)F)c2)(c2cc(C(F)(F)F)cc(C(F)(F)F)c2)c2cc(C(F)(F)F)cc(C(F)(F)F)c2)cc(C(F)(F)F)c1.c1ccc2c[n+](Oc3c4ccccc4cc4cc5ccccc5cc34)ccc2c1. The summed E-state index contributed by atoms with van der Waals surface area (Å²) in [6.45, 7) is 0. The second kappa shape index (κ2) is 21.4. The van der Waals surface area contributed by atoms with Gasteiger partial charge in [-0.25, -0.2) is 4.84 Å². The number of nitrogens with zero attached hydrogens (tertiary/aromatic N) is 1. The van der Waals surface area contributed by atoms with E-state index in [1.54, 1.807) is 4.73 Å². The van der Waals surface area contributed by atoms with Crippen LogP contribution in [-0.4, -0.2) is 6.15 Å². The lowest BCUT2D eigenvalue weighted by molar-refractivity contribution is -0.873. The lowest BCUT2D eigenvalue weighted by atomic mass is 9.12. The first kappa shape index (κ1) is 61.9. The first-order chi connectivity index (χ1) is 39.6. The van der Waals surface area contributed by atoms with E-state index in [1.165, 1.54) is 26.9 Å². The van der Waals surface area contributed by atoms with Crippen LogP contribution < -0.4 is 31.4 Å². The average Bonchev–Trinajstić information content (AvgIpc) is 0.752. The van der Waals surface area contributed by atoms with Crippen molar-refractivity contribution in [3.8, 4) is 5.75 Å². The monoisotopic (exact) mass is 1240 g/mol. The number of halogens is 24. The first-order valence-corrected chi connectivity index (χ1v) is 24.4. The minimum Gasteiger partial charge on any atom is -0.230 e. The summed E-state index contributed by atoms with van der Waals surface area (Å²) < 4.78 is 343. The van der Waals surface area contributed by atoms with E-state index in [9.17, 15) is 105 Å². The van der Waals surface area contributed by atoms with Crippen LogP contribution in [0.2, 0.25) is 0 Å². The van der Waals surface area contributed by atoms with Crippen molar-refractivity contribution in [2.75, 3.05) is 0 Å². The molecule has 0 radical (unpaired) electrons. The molecule has 10 rings (SSSR count). The molecule has 448 valence electrons. The van der Waals surface area contributed by atoms with Crippen LogP contribution in [0.5, 0.6) is 5.75 Å². The molecule has 0 atom stereocenters. The Morgan fingerprint density at radius 3 is 0.872 bits per heavy atom. The fraction of sp³-hybridized carbons (Fsp3) is 0.136. The molecule has 0 spiro atoms. The summed E-state index contributed by atoms with van der Waals surface area (Å²) in [7, 11) is 0. The molecule has 0 aliphatic carbocycles. The van der Waals surface area contributed by atoms with Crippen LogP contribution in [0, 0.1) is 0 Å². The Bertz CT molecular complexity index is 3780. The van der Waals surface area contributed by atoms with Gasteiger partial charge in [0.05, 0.1) is 49.9 Å². The maximum absolute atomic E-state index is 14.2. The highest BCUT2D eigenvalue weighted by atomic mass is 19.4. The molecule has 0 fully saturated rings. The summed E-state index contributed by atoms with van der Waals surface area (Å²) in [5.41, 5.74) is -30.2. The topological polar surface area (TPSA) is 13.1 Å². The summed E-state index contributed by atoms with van der Waals surface area (Å²) in [5.74, 6) is 0.879. The van der Waals surface area contributed by atoms with Crippen molar-refractivity contribution in [2.24, 2.45) is 0 Å². The van der Waals surface area contributed by atoms with E-state index in [4.69, 9.17) is 4.84 Å². The standard InChI is InChI=1S/C32H12BF24.C27H18NO/c34-25(35,36)13-1-14(26(37,38)39)6-21(5-13)33(22-7-15(27(40,41)42)2-16(8-22)28(43,44)45,23-9-17(29(46,47)48)3-18(10-23)30(49,50)51)24-11-19(31(52,53)54)4-20(12-24)32(55,56)57;1-4-11-23-18-28(14-13-19(23)7-1)29-27-25-12-6-5-10-22(25)16-24-15-20-8-2-3-9-21(20)17-26(24)27/h1-12H;1-18H/q-1;+1. The second-order valence-corrected chi connectivity index (χ2v) is 19.6. The summed E-state index contributed by atoms with van der Waals surface area (Å²) in [6, 6.07) is 25.2. The van der Waals surface area contributed by atoms with Crippen molar-refractivity contribution >= 4 is 71.1 Å². The smallest absolute Gasteiger partial charge is 0.230 e. The molecule has 0 bridgehead atoms. The van der Waals surface area contributed by atoms with Crippen molar-refractivity contribution in [1.82, 2.24) is 0 Å². The van der Waals surface area contributed by atoms with Gasteiger partial charge in [0.2, 0.25) is 18.1 Å². The molecule has 0 aliphatic heterocycles. The van der Waals surface area contributed by atoms with E-state index in [-0.39, 0.29) is 0 Å². The van der Waals surface area contributed by atoms with Crippen LogP contribution in [-0.2, 0) is 49.4 Å². The third-order valence-corrected chi connectivity index (χ3v) is 14.0. The Morgan fingerprint density at radius 2 is 0.535 bits per heavy atom. The number of fused-ring (bicyclic) bond motifs is 4. The quantitative estimate of drug-likeness (QED) is 0.0700. The van der Waals surface area contributed by atoms with Gasteiger partial charge < -0.3 is 0 Å². The maximum atomic E-state index is 14.2. The molecule has 2 nitrogen and oxygen atoms in total. The van der Waals surface area contributed by atoms with Gasteiger partial charge in [0.1, 0.15) is 6.15 Å². The highest BCUT2D eigenvalue weighted by molar-refractivity contribution is 7.20. The van der Waals surface area contributed by atoms with Crippen molar-refractivity contribution in [1.29, 1.82) is 0 Å². The highest BCUT2D eigenvalue weighted by Crippen LogP contribution is 2.43. The largest absolute Gasteiger partial charge is 0.416 e. The molecule has 0 saturated carbocycles. The van der Waals surface area contributed by atoms with Gasteiger partial charge in [-0.15, -0.1) is 0 Å². The number of rotatable bonds is 6. The summed E-state index contributed by atoms with van der Waals surface area (Å²) in [4.78, 5) is 6.48. The van der Waals surface area contributed by atoms with Crippen LogP contribution in [0.15, 0.2) is 182 Å². The van der Waals surface area contributed by atoms with Crippen LogP contribution in [0.1, 0.15) is 44.5 Å². The molecule has 1 aromatic heterocycles. The van der Waals surface area contributed by atoms with Crippen molar-refractivity contribution in [3.63, 3.8) is 0 Å². The van der Waals surface area contributed by atoms with Gasteiger partial charge in [-0.3, -0.25) is 0 Å². The Hall–Kier alpha value is -8.65. The molecule has 9 aromatic carbocycles. The number of hydrogen-bond acceptors (Lipinski definition) is 1. The molecule has 0 unspecified atom stereocenters. The van der Waals surface area contributed by atoms with Crippen molar-refractivity contribution < 1.29 is 115 Å². The van der Waals surface area contributed by atoms with E-state index in [0.717, 1.165) is 21.9 Å². The lowest BCUT2D eigenvalue weighted by Gasteiger charge is -2.46. The molecule has 1 heterocycles.